The number of carbonyl (C=O) groups excluding carboxylic acids is 2. The molecule has 1 aliphatic heterocycles. The molecule has 1 aromatic carbocycles. The number of nitrogens with zero attached hydrogens (tertiary/aromatic N) is 2. The van der Waals surface area contributed by atoms with E-state index in [1.54, 1.807) is 12.3 Å². The van der Waals surface area contributed by atoms with Gasteiger partial charge in [-0.25, -0.2) is 9.97 Å². The van der Waals surface area contributed by atoms with Crippen molar-refractivity contribution < 1.29 is 19.1 Å². The zero-order chi connectivity index (χ0) is 18.1. The maximum absolute atomic E-state index is 12.5. The van der Waals surface area contributed by atoms with Crippen molar-refractivity contribution >= 4 is 28.5 Å². The molecule has 0 atom stereocenters. The molecule has 9 nitrogen and oxygen atoms in total. The second kappa shape index (κ2) is 6.36. The maximum Gasteiger partial charge on any atom is 0.272 e. The Balaban J connectivity index is 1.53. The van der Waals surface area contributed by atoms with Crippen LogP contribution in [-0.4, -0.2) is 33.6 Å². The monoisotopic (exact) mass is 353 g/mol. The van der Waals surface area contributed by atoms with Crippen LogP contribution in [0.1, 0.15) is 23.0 Å². The lowest BCUT2D eigenvalue weighted by atomic mass is 10.2. The van der Waals surface area contributed by atoms with E-state index >= 15 is 0 Å². The van der Waals surface area contributed by atoms with Gasteiger partial charge in [-0.3, -0.25) is 9.59 Å². The highest BCUT2D eigenvalue weighted by Gasteiger charge is 2.17. The Morgan fingerprint density at radius 1 is 1.23 bits per heavy atom. The van der Waals surface area contributed by atoms with Crippen molar-refractivity contribution in [2.24, 2.45) is 0 Å². The number of benzene rings is 1. The number of fused-ring (bicyclic) bond motifs is 2. The Labute approximate surface area is 147 Å². The molecule has 1 aliphatic rings. The average molecular weight is 353 g/mol. The topological polar surface area (TPSA) is 118 Å². The minimum atomic E-state index is -0.355. The standard InChI is InChI=1S/C17H15N5O4/c1-9(23)22-11-6-18-15-14(11)20-7-21-16(15)17(24)19-5-10-2-3-12-13(4-10)26-8-25-12/h2-4,6-7,18H,5,8H2,1H3,(H,19,24)(H,22,23). The number of H-pyrrole nitrogens is 1. The molecule has 0 bridgehead atoms. The molecule has 132 valence electrons. The quantitative estimate of drug-likeness (QED) is 0.655. The minimum absolute atomic E-state index is 0.201. The molecule has 0 unspecified atom stereocenters. The highest BCUT2D eigenvalue weighted by Crippen LogP contribution is 2.32. The van der Waals surface area contributed by atoms with Gasteiger partial charge in [0.25, 0.3) is 5.91 Å². The summed E-state index contributed by atoms with van der Waals surface area (Å²) < 4.78 is 10.6. The van der Waals surface area contributed by atoms with Gasteiger partial charge in [0.1, 0.15) is 11.8 Å². The van der Waals surface area contributed by atoms with Crippen LogP contribution in [0.4, 0.5) is 5.69 Å². The number of aromatic amines is 1. The zero-order valence-electron chi connectivity index (χ0n) is 13.8. The van der Waals surface area contributed by atoms with E-state index in [1.165, 1.54) is 13.3 Å². The van der Waals surface area contributed by atoms with Crippen molar-refractivity contribution in [1.82, 2.24) is 20.3 Å². The third-order valence-electron chi connectivity index (χ3n) is 3.88. The molecule has 4 rings (SSSR count). The van der Waals surface area contributed by atoms with E-state index < -0.39 is 0 Å². The van der Waals surface area contributed by atoms with Crippen molar-refractivity contribution in [3.63, 3.8) is 0 Å². The van der Waals surface area contributed by atoms with Gasteiger partial charge < -0.3 is 25.1 Å². The fourth-order valence-electron chi connectivity index (χ4n) is 2.71. The van der Waals surface area contributed by atoms with E-state index in [-0.39, 0.29) is 24.3 Å². The first-order valence-electron chi connectivity index (χ1n) is 7.88. The Bertz CT molecular complexity index is 1010. The number of hydrogen-bond donors (Lipinski definition) is 3. The summed E-state index contributed by atoms with van der Waals surface area (Å²) in [7, 11) is 0. The molecule has 26 heavy (non-hydrogen) atoms. The van der Waals surface area contributed by atoms with Gasteiger partial charge in [-0.05, 0) is 17.7 Å². The maximum atomic E-state index is 12.5. The minimum Gasteiger partial charge on any atom is -0.454 e. The number of amides is 2. The summed E-state index contributed by atoms with van der Waals surface area (Å²) in [6.45, 7) is 1.91. The van der Waals surface area contributed by atoms with Gasteiger partial charge in [0.2, 0.25) is 12.7 Å². The number of ether oxygens (including phenoxy) is 2. The van der Waals surface area contributed by atoms with Crippen molar-refractivity contribution in [2.45, 2.75) is 13.5 Å². The number of carbonyl (C=O) groups is 2. The van der Waals surface area contributed by atoms with Crippen LogP contribution in [0.25, 0.3) is 11.0 Å². The van der Waals surface area contributed by atoms with Gasteiger partial charge in [0, 0.05) is 19.7 Å². The molecule has 3 N–H and O–H groups in total. The lowest BCUT2D eigenvalue weighted by Crippen LogP contribution is -2.24. The first-order chi connectivity index (χ1) is 12.6. The Morgan fingerprint density at radius 3 is 2.92 bits per heavy atom. The van der Waals surface area contributed by atoms with Gasteiger partial charge in [-0.2, -0.15) is 0 Å². The molecule has 0 radical (unpaired) electrons. The van der Waals surface area contributed by atoms with Crippen molar-refractivity contribution in [3.05, 3.63) is 42.0 Å². The summed E-state index contributed by atoms with van der Waals surface area (Å²) in [5, 5.41) is 5.47. The molecule has 3 aromatic rings. The first kappa shape index (κ1) is 15.9. The van der Waals surface area contributed by atoms with Crippen LogP contribution in [0.2, 0.25) is 0 Å². The summed E-state index contributed by atoms with van der Waals surface area (Å²) in [6, 6.07) is 5.48. The van der Waals surface area contributed by atoms with Crippen LogP contribution in [-0.2, 0) is 11.3 Å². The number of nitrogens with one attached hydrogen (secondary N) is 3. The van der Waals surface area contributed by atoms with E-state index in [2.05, 4.69) is 25.6 Å². The SMILES string of the molecule is CC(=O)Nc1c[nH]c2c(C(=O)NCc3ccc4c(c3)OCO4)ncnc12. The normalized spacial score (nSPS) is 12.2. The molecular formula is C17H15N5O4. The van der Waals surface area contributed by atoms with Gasteiger partial charge in [-0.1, -0.05) is 6.07 Å². The second-order valence-electron chi connectivity index (χ2n) is 5.70. The molecule has 0 saturated heterocycles. The summed E-state index contributed by atoms with van der Waals surface area (Å²) in [4.78, 5) is 34.9. The number of rotatable bonds is 4. The van der Waals surface area contributed by atoms with Crippen LogP contribution in [0.15, 0.2) is 30.7 Å². The molecule has 2 aromatic heterocycles. The van der Waals surface area contributed by atoms with Crippen molar-refractivity contribution in [3.8, 4) is 11.5 Å². The summed E-state index contributed by atoms with van der Waals surface area (Å²) >= 11 is 0. The van der Waals surface area contributed by atoms with Gasteiger partial charge >= 0.3 is 0 Å². The smallest absolute Gasteiger partial charge is 0.272 e. The molecule has 3 heterocycles. The summed E-state index contributed by atoms with van der Waals surface area (Å²) in [6.07, 6.45) is 2.87. The van der Waals surface area contributed by atoms with E-state index in [0.29, 0.717) is 34.8 Å². The summed E-state index contributed by atoms with van der Waals surface area (Å²) in [5.74, 6) is 0.768. The fourth-order valence-corrected chi connectivity index (χ4v) is 2.71. The van der Waals surface area contributed by atoms with Crippen LogP contribution in [0, 0.1) is 0 Å². The predicted molar refractivity (Wildman–Crippen MR) is 91.9 cm³/mol. The van der Waals surface area contributed by atoms with E-state index in [0.717, 1.165) is 5.56 Å². The summed E-state index contributed by atoms with van der Waals surface area (Å²) in [5.41, 5.74) is 2.51. The van der Waals surface area contributed by atoms with E-state index in [9.17, 15) is 9.59 Å². The van der Waals surface area contributed by atoms with Crippen LogP contribution in [0.3, 0.4) is 0 Å². The van der Waals surface area contributed by atoms with Gasteiger partial charge in [0.05, 0.1) is 11.2 Å². The predicted octanol–water partition coefficient (Wildman–Crippen LogP) is 1.57. The zero-order valence-corrected chi connectivity index (χ0v) is 13.8. The second-order valence-corrected chi connectivity index (χ2v) is 5.70. The van der Waals surface area contributed by atoms with E-state index in [1.807, 2.05) is 12.1 Å². The van der Waals surface area contributed by atoms with Gasteiger partial charge in [-0.15, -0.1) is 0 Å². The molecular weight excluding hydrogens is 338 g/mol. The Hall–Kier alpha value is -3.62. The highest BCUT2D eigenvalue weighted by atomic mass is 16.7. The number of anilines is 1. The Morgan fingerprint density at radius 2 is 2.08 bits per heavy atom. The molecule has 0 aliphatic carbocycles. The largest absolute Gasteiger partial charge is 0.454 e. The Kier molecular flexibility index (Phi) is 3.88. The average Bonchev–Trinajstić information content (AvgIpc) is 3.25. The molecule has 9 heteroatoms. The third kappa shape index (κ3) is 2.90. The molecule has 0 fully saturated rings. The lowest BCUT2D eigenvalue weighted by molar-refractivity contribution is -0.114. The lowest BCUT2D eigenvalue weighted by Gasteiger charge is -2.06. The van der Waals surface area contributed by atoms with Crippen molar-refractivity contribution in [1.29, 1.82) is 0 Å². The molecule has 0 saturated carbocycles. The molecule has 0 spiro atoms. The third-order valence-corrected chi connectivity index (χ3v) is 3.88. The molecule has 2 amide bonds. The van der Waals surface area contributed by atoms with Gasteiger partial charge in [0.15, 0.2) is 17.2 Å². The van der Waals surface area contributed by atoms with Crippen molar-refractivity contribution in [2.75, 3.05) is 12.1 Å². The number of hydrogen-bond acceptors (Lipinski definition) is 6. The van der Waals surface area contributed by atoms with E-state index in [4.69, 9.17) is 9.47 Å². The van der Waals surface area contributed by atoms with Crippen LogP contribution >= 0.6 is 0 Å². The first-order valence-corrected chi connectivity index (χ1v) is 7.88. The number of aromatic nitrogens is 3. The highest BCUT2D eigenvalue weighted by molar-refractivity contribution is 6.07. The fraction of sp³-hybridized carbons (Fsp3) is 0.176. The van der Waals surface area contributed by atoms with Crippen LogP contribution < -0.4 is 20.1 Å². The van der Waals surface area contributed by atoms with Crippen LogP contribution in [0.5, 0.6) is 11.5 Å².